The topological polar surface area (TPSA) is 118 Å². The number of nitrogens with one attached hydrogen (secondary N) is 2. The summed E-state index contributed by atoms with van der Waals surface area (Å²) in [6, 6.07) is 0. The summed E-state index contributed by atoms with van der Waals surface area (Å²) in [4.78, 5) is 42.1. The van der Waals surface area contributed by atoms with E-state index in [1.54, 1.807) is 18.7 Å². The molecular weight excluding hydrogens is 412 g/mol. The molecule has 0 aromatic carbocycles. The Balaban J connectivity index is 1.47. The first-order chi connectivity index (χ1) is 15.2. The van der Waals surface area contributed by atoms with Crippen LogP contribution in [0.5, 0.6) is 0 Å². The zero-order valence-electron chi connectivity index (χ0n) is 19.5. The Labute approximate surface area is 187 Å². The minimum absolute atomic E-state index is 0.0279. The summed E-state index contributed by atoms with van der Waals surface area (Å²) < 4.78 is 9.97. The molecule has 2 aromatic heterocycles. The predicted octanol–water partition coefficient (Wildman–Crippen LogP) is 2.62. The van der Waals surface area contributed by atoms with Crippen LogP contribution in [0.25, 0.3) is 0 Å². The molecule has 32 heavy (non-hydrogen) atoms. The summed E-state index contributed by atoms with van der Waals surface area (Å²) in [6.07, 6.45) is 2.69. The standard InChI is InChI=1S/C23H32N4O5/c1-13-20(23(30)31-5)15(3)25-21(13)22(29)27-10-7-17(8-11-27)12-19(28)24-9-6-18-14(2)26-32-16(18)4/h17,25H,6-12H2,1-5H3,(H,24,28). The normalized spacial score (nSPS) is 14.5. The number of piperidine rings is 1. The Hall–Kier alpha value is -3.10. The maximum absolute atomic E-state index is 13.0. The fourth-order valence-electron chi connectivity index (χ4n) is 4.39. The number of likely N-dealkylation sites (tertiary alicyclic amines) is 1. The van der Waals surface area contributed by atoms with Crippen LogP contribution in [0.4, 0.5) is 0 Å². The van der Waals surface area contributed by atoms with Gasteiger partial charge in [0.2, 0.25) is 5.91 Å². The quantitative estimate of drug-likeness (QED) is 0.634. The van der Waals surface area contributed by atoms with Gasteiger partial charge in [0, 0.05) is 37.3 Å². The maximum atomic E-state index is 13.0. The van der Waals surface area contributed by atoms with Crippen molar-refractivity contribution < 1.29 is 23.6 Å². The Bertz CT molecular complexity index is 979. The smallest absolute Gasteiger partial charge is 0.339 e. The van der Waals surface area contributed by atoms with Crippen molar-refractivity contribution in [2.24, 2.45) is 5.92 Å². The molecule has 0 aliphatic carbocycles. The second-order valence-corrected chi connectivity index (χ2v) is 8.46. The van der Waals surface area contributed by atoms with Crippen LogP contribution in [-0.2, 0) is 16.0 Å². The van der Waals surface area contributed by atoms with Crippen molar-refractivity contribution in [2.45, 2.75) is 53.4 Å². The summed E-state index contributed by atoms with van der Waals surface area (Å²) in [5.41, 5.74) is 3.99. The number of carbonyl (C=O) groups is 3. The van der Waals surface area contributed by atoms with Crippen LogP contribution in [0.1, 0.15) is 68.4 Å². The third-order valence-electron chi connectivity index (χ3n) is 6.30. The van der Waals surface area contributed by atoms with E-state index in [2.05, 4.69) is 15.5 Å². The lowest BCUT2D eigenvalue weighted by molar-refractivity contribution is -0.122. The van der Waals surface area contributed by atoms with Gasteiger partial charge in [0.25, 0.3) is 5.91 Å². The number of methoxy groups -OCH3 is 1. The van der Waals surface area contributed by atoms with Crippen molar-refractivity contribution in [1.29, 1.82) is 0 Å². The zero-order valence-corrected chi connectivity index (χ0v) is 19.5. The Morgan fingerprint density at radius 2 is 1.88 bits per heavy atom. The molecule has 2 aromatic rings. The molecule has 0 bridgehead atoms. The highest BCUT2D eigenvalue weighted by Gasteiger charge is 2.29. The summed E-state index contributed by atoms with van der Waals surface area (Å²) in [5, 5.41) is 6.91. The SMILES string of the molecule is COC(=O)c1c(C)[nH]c(C(=O)N2CCC(CC(=O)NCCc3c(C)noc3C)CC2)c1C. The van der Waals surface area contributed by atoms with Crippen LogP contribution in [0.15, 0.2) is 4.52 Å². The van der Waals surface area contributed by atoms with E-state index < -0.39 is 5.97 Å². The van der Waals surface area contributed by atoms with Gasteiger partial charge in [-0.3, -0.25) is 9.59 Å². The van der Waals surface area contributed by atoms with Crippen LogP contribution in [-0.4, -0.2) is 59.6 Å². The molecule has 1 aliphatic heterocycles. The molecule has 0 radical (unpaired) electrons. The Morgan fingerprint density at radius 1 is 1.19 bits per heavy atom. The zero-order chi connectivity index (χ0) is 23.4. The minimum atomic E-state index is -0.450. The number of aromatic nitrogens is 2. The molecule has 1 saturated heterocycles. The average Bonchev–Trinajstić information content (AvgIpc) is 3.25. The summed E-state index contributed by atoms with van der Waals surface area (Å²) in [5.74, 6) is 0.493. The molecule has 3 heterocycles. The highest BCUT2D eigenvalue weighted by molar-refractivity contribution is 6.00. The Morgan fingerprint density at radius 3 is 2.47 bits per heavy atom. The number of H-pyrrole nitrogens is 1. The van der Waals surface area contributed by atoms with Crippen LogP contribution in [0, 0.1) is 33.6 Å². The van der Waals surface area contributed by atoms with Gasteiger partial charge in [-0.05, 0) is 58.4 Å². The molecule has 0 saturated carbocycles. The first-order valence-corrected chi connectivity index (χ1v) is 11.0. The van der Waals surface area contributed by atoms with Crippen LogP contribution >= 0.6 is 0 Å². The van der Waals surface area contributed by atoms with Crippen LogP contribution in [0.3, 0.4) is 0 Å². The van der Waals surface area contributed by atoms with Crippen molar-refractivity contribution in [3.05, 3.63) is 39.5 Å². The van der Waals surface area contributed by atoms with Gasteiger partial charge >= 0.3 is 5.97 Å². The van der Waals surface area contributed by atoms with Crippen molar-refractivity contribution in [3.63, 3.8) is 0 Å². The van der Waals surface area contributed by atoms with Gasteiger partial charge in [-0.1, -0.05) is 5.16 Å². The van der Waals surface area contributed by atoms with Gasteiger partial charge in [-0.15, -0.1) is 0 Å². The molecule has 0 atom stereocenters. The molecule has 2 N–H and O–H groups in total. The van der Waals surface area contributed by atoms with E-state index in [4.69, 9.17) is 9.26 Å². The van der Waals surface area contributed by atoms with Crippen molar-refractivity contribution in [3.8, 4) is 0 Å². The largest absolute Gasteiger partial charge is 0.465 e. The van der Waals surface area contributed by atoms with E-state index in [9.17, 15) is 14.4 Å². The van der Waals surface area contributed by atoms with Gasteiger partial charge in [0.05, 0.1) is 18.4 Å². The van der Waals surface area contributed by atoms with Gasteiger partial charge in [0.1, 0.15) is 11.5 Å². The number of ether oxygens (including phenoxy) is 1. The lowest BCUT2D eigenvalue weighted by Crippen LogP contribution is -2.40. The Kier molecular flexibility index (Phi) is 7.37. The van der Waals surface area contributed by atoms with Gasteiger partial charge < -0.3 is 24.5 Å². The fourth-order valence-corrected chi connectivity index (χ4v) is 4.39. The second kappa shape index (κ2) is 10.0. The van der Waals surface area contributed by atoms with E-state index in [0.717, 1.165) is 29.9 Å². The van der Waals surface area contributed by atoms with E-state index in [-0.39, 0.29) is 17.7 Å². The van der Waals surface area contributed by atoms with Crippen molar-refractivity contribution in [1.82, 2.24) is 20.4 Å². The number of nitrogens with zero attached hydrogens (tertiary/aromatic N) is 2. The monoisotopic (exact) mass is 444 g/mol. The van der Waals surface area contributed by atoms with Gasteiger partial charge in [0.15, 0.2) is 0 Å². The molecule has 1 aliphatic rings. The lowest BCUT2D eigenvalue weighted by atomic mass is 9.93. The summed E-state index contributed by atoms with van der Waals surface area (Å²) in [6.45, 7) is 9.00. The van der Waals surface area contributed by atoms with E-state index >= 15 is 0 Å². The molecule has 9 nitrogen and oxygen atoms in total. The van der Waals surface area contributed by atoms with E-state index in [1.807, 2.05) is 13.8 Å². The highest BCUT2D eigenvalue weighted by Crippen LogP contribution is 2.25. The van der Waals surface area contributed by atoms with E-state index in [1.165, 1.54) is 7.11 Å². The summed E-state index contributed by atoms with van der Waals surface area (Å²) >= 11 is 0. The summed E-state index contributed by atoms with van der Waals surface area (Å²) in [7, 11) is 1.33. The average molecular weight is 445 g/mol. The fraction of sp³-hybridized carbons (Fsp3) is 0.565. The molecule has 2 amide bonds. The number of esters is 1. The van der Waals surface area contributed by atoms with Crippen molar-refractivity contribution in [2.75, 3.05) is 26.7 Å². The van der Waals surface area contributed by atoms with Crippen LogP contribution in [0.2, 0.25) is 0 Å². The number of amides is 2. The molecule has 0 spiro atoms. The molecule has 3 rings (SSSR count). The number of hydrogen-bond acceptors (Lipinski definition) is 6. The van der Waals surface area contributed by atoms with Gasteiger partial charge in [-0.2, -0.15) is 0 Å². The number of rotatable bonds is 7. The number of aromatic amines is 1. The van der Waals surface area contributed by atoms with Crippen molar-refractivity contribution >= 4 is 17.8 Å². The number of hydrogen-bond donors (Lipinski definition) is 2. The molecule has 1 fully saturated rings. The molecule has 0 unspecified atom stereocenters. The first kappa shape index (κ1) is 23.6. The van der Waals surface area contributed by atoms with Gasteiger partial charge in [-0.25, -0.2) is 4.79 Å². The molecular formula is C23H32N4O5. The second-order valence-electron chi connectivity index (χ2n) is 8.46. The lowest BCUT2D eigenvalue weighted by Gasteiger charge is -2.31. The molecule has 174 valence electrons. The van der Waals surface area contributed by atoms with E-state index in [0.29, 0.717) is 55.0 Å². The first-order valence-electron chi connectivity index (χ1n) is 11.0. The third-order valence-corrected chi connectivity index (χ3v) is 6.30. The molecule has 9 heteroatoms. The number of carbonyl (C=O) groups excluding carboxylic acids is 3. The van der Waals surface area contributed by atoms with Crippen LogP contribution < -0.4 is 5.32 Å². The maximum Gasteiger partial charge on any atom is 0.339 e. The minimum Gasteiger partial charge on any atom is -0.465 e. The highest BCUT2D eigenvalue weighted by atomic mass is 16.5. The third kappa shape index (κ3) is 5.03. The predicted molar refractivity (Wildman–Crippen MR) is 118 cm³/mol. The number of aryl methyl sites for hydroxylation is 3.